The summed E-state index contributed by atoms with van der Waals surface area (Å²) in [6, 6.07) is 0. The zero-order chi connectivity index (χ0) is 12.4. The van der Waals surface area contributed by atoms with Gasteiger partial charge in [-0.1, -0.05) is 20.3 Å². The average molecular weight is 238 g/mol. The minimum Gasteiger partial charge on any atom is -0.329 e. The number of halogens is 3. The van der Waals surface area contributed by atoms with Gasteiger partial charge in [0, 0.05) is 12.1 Å². The molecule has 1 fully saturated rings. The molecule has 0 aromatic rings. The van der Waals surface area contributed by atoms with E-state index in [1.54, 1.807) is 0 Å². The lowest BCUT2D eigenvalue weighted by Gasteiger charge is -2.45. The largest absolute Gasteiger partial charge is 0.401 e. The molecule has 0 bridgehead atoms. The van der Waals surface area contributed by atoms with Crippen molar-refractivity contribution >= 4 is 0 Å². The Morgan fingerprint density at radius 2 is 1.94 bits per heavy atom. The highest BCUT2D eigenvalue weighted by atomic mass is 19.4. The van der Waals surface area contributed by atoms with Crippen LogP contribution in [-0.4, -0.2) is 24.8 Å². The molecule has 0 aromatic heterocycles. The van der Waals surface area contributed by atoms with E-state index in [9.17, 15) is 13.2 Å². The quantitative estimate of drug-likeness (QED) is 0.791. The van der Waals surface area contributed by atoms with Gasteiger partial charge in [0.2, 0.25) is 0 Å². The second kappa shape index (κ2) is 4.92. The minimum atomic E-state index is -4.16. The van der Waals surface area contributed by atoms with Crippen LogP contribution in [0, 0.1) is 11.8 Å². The van der Waals surface area contributed by atoms with Crippen LogP contribution in [0.4, 0.5) is 13.2 Å². The Balaban J connectivity index is 2.67. The average Bonchev–Trinajstić information content (AvgIpc) is 2.19. The number of nitrogens with two attached hydrogens (primary N) is 1. The van der Waals surface area contributed by atoms with Crippen LogP contribution in [0.1, 0.15) is 33.1 Å². The normalized spacial score (nSPS) is 36.4. The Labute approximate surface area is 94.8 Å². The fraction of sp³-hybridized carbons (Fsp3) is 1.00. The van der Waals surface area contributed by atoms with Crippen molar-refractivity contribution < 1.29 is 13.2 Å². The summed E-state index contributed by atoms with van der Waals surface area (Å²) in [5, 5.41) is 2.65. The lowest BCUT2D eigenvalue weighted by atomic mass is 9.69. The fourth-order valence-electron chi connectivity index (χ4n) is 2.62. The van der Waals surface area contributed by atoms with E-state index in [1.165, 1.54) is 0 Å². The predicted molar refractivity (Wildman–Crippen MR) is 58.0 cm³/mol. The topological polar surface area (TPSA) is 38.0 Å². The molecule has 2 nitrogen and oxygen atoms in total. The maximum absolute atomic E-state index is 12.2. The molecular formula is C11H21F3N2. The molecule has 0 aliphatic heterocycles. The molecule has 3 atom stereocenters. The van der Waals surface area contributed by atoms with Crippen molar-refractivity contribution in [3.63, 3.8) is 0 Å². The molecule has 0 spiro atoms. The molecule has 1 saturated carbocycles. The highest BCUT2D eigenvalue weighted by molar-refractivity contribution is 4.98. The van der Waals surface area contributed by atoms with E-state index in [0.29, 0.717) is 5.92 Å². The number of hydrogen-bond acceptors (Lipinski definition) is 2. The van der Waals surface area contributed by atoms with Crippen LogP contribution in [0.3, 0.4) is 0 Å². The molecule has 0 heterocycles. The van der Waals surface area contributed by atoms with E-state index in [2.05, 4.69) is 12.2 Å². The lowest BCUT2D eigenvalue weighted by Crippen LogP contribution is -2.60. The second-order valence-electron chi connectivity index (χ2n) is 5.12. The van der Waals surface area contributed by atoms with Crippen LogP contribution in [0.15, 0.2) is 0 Å². The van der Waals surface area contributed by atoms with E-state index in [4.69, 9.17) is 5.73 Å². The molecule has 3 unspecified atom stereocenters. The first-order valence-corrected chi connectivity index (χ1v) is 5.81. The number of rotatable bonds is 3. The Morgan fingerprint density at radius 1 is 1.31 bits per heavy atom. The summed E-state index contributed by atoms with van der Waals surface area (Å²) in [6.07, 6.45) is -1.40. The van der Waals surface area contributed by atoms with Gasteiger partial charge in [-0.25, -0.2) is 0 Å². The smallest absolute Gasteiger partial charge is 0.329 e. The van der Waals surface area contributed by atoms with Crippen molar-refractivity contribution in [2.75, 3.05) is 13.1 Å². The molecule has 3 N–H and O–H groups in total. The maximum atomic E-state index is 12.2. The van der Waals surface area contributed by atoms with Crippen LogP contribution in [0.5, 0.6) is 0 Å². The van der Waals surface area contributed by atoms with Gasteiger partial charge in [0.05, 0.1) is 6.54 Å². The molecular weight excluding hydrogens is 217 g/mol. The van der Waals surface area contributed by atoms with E-state index < -0.39 is 18.3 Å². The Morgan fingerprint density at radius 3 is 2.44 bits per heavy atom. The Kier molecular flexibility index (Phi) is 4.23. The molecule has 0 aromatic carbocycles. The summed E-state index contributed by atoms with van der Waals surface area (Å²) in [5.74, 6) is 0.650. The maximum Gasteiger partial charge on any atom is 0.401 e. The Bertz CT molecular complexity index is 230. The van der Waals surface area contributed by atoms with Crippen molar-refractivity contribution in [3.05, 3.63) is 0 Å². The predicted octanol–water partition coefficient (Wildman–Crippen LogP) is 2.29. The third-order valence-electron chi connectivity index (χ3n) is 3.75. The molecule has 16 heavy (non-hydrogen) atoms. The number of alkyl halides is 3. The third-order valence-corrected chi connectivity index (χ3v) is 3.75. The van der Waals surface area contributed by atoms with Crippen molar-refractivity contribution in [2.45, 2.75) is 44.8 Å². The molecule has 1 rings (SSSR count). The fourth-order valence-corrected chi connectivity index (χ4v) is 2.62. The molecule has 0 amide bonds. The minimum absolute atomic E-state index is 0.205. The molecule has 5 heteroatoms. The van der Waals surface area contributed by atoms with Crippen LogP contribution in [0.25, 0.3) is 0 Å². The molecule has 0 saturated heterocycles. The van der Waals surface area contributed by atoms with Crippen LogP contribution in [-0.2, 0) is 0 Å². The molecule has 1 aliphatic carbocycles. The summed E-state index contributed by atoms with van der Waals surface area (Å²) in [6.45, 7) is 3.39. The van der Waals surface area contributed by atoms with E-state index in [0.717, 1.165) is 19.3 Å². The highest BCUT2D eigenvalue weighted by Crippen LogP contribution is 2.36. The van der Waals surface area contributed by atoms with Gasteiger partial charge in [0.25, 0.3) is 0 Å². The summed E-state index contributed by atoms with van der Waals surface area (Å²) in [7, 11) is 0. The zero-order valence-corrected chi connectivity index (χ0v) is 9.90. The highest BCUT2D eigenvalue weighted by Gasteiger charge is 2.41. The summed E-state index contributed by atoms with van der Waals surface area (Å²) >= 11 is 0. The van der Waals surface area contributed by atoms with E-state index in [1.807, 2.05) is 6.92 Å². The van der Waals surface area contributed by atoms with Gasteiger partial charge in [-0.2, -0.15) is 13.2 Å². The SMILES string of the molecule is CC1CCC(C)C(CN)(NCC(F)(F)F)C1. The van der Waals surface area contributed by atoms with Gasteiger partial charge in [-0.3, -0.25) is 0 Å². The van der Waals surface area contributed by atoms with Crippen LogP contribution < -0.4 is 11.1 Å². The van der Waals surface area contributed by atoms with Gasteiger partial charge in [-0.15, -0.1) is 0 Å². The van der Waals surface area contributed by atoms with Gasteiger partial charge in [0.15, 0.2) is 0 Å². The second-order valence-corrected chi connectivity index (χ2v) is 5.12. The standard InChI is InChI=1S/C11H21F3N2/c1-8-3-4-9(2)10(5-8,6-15)16-7-11(12,13)14/h8-9,16H,3-7,15H2,1-2H3. The summed E-state index contributed by atoms with van der Waals surface area (Å²) < 4.78 is 36.7. The first-order valence-electron chi connectivity index (χ1n) is 5.81. The summed E-state index contributed by atoms with van der Waals surface area (Å²) in [4.78, 5) is 0. The third kappa shape index (κ3) is 3.35. The van der Waals surface area contributed by atoms with Gasteiger partial charge >= 0.3 is 6.18 Å². The van der Waals surface area contributed by atoms with Crippen molar-refractivity contribution in [1.82, 2.24) is 5.32 Å². The van der Waals surface area contributed by atoms with Crippen molar-refractivity contribution in [1.29, 1.82) is 0 Å². The first-order chi connectivity index (χ1) is 7.29. The first kappa shape index (κ1) is 13.8. The lowest BCUT2D eigenvalue weighted by molar-refractivity contribution is -0.131. The number of hydrogen-bond donors (Lipinski definition) is 2. The van der Waals surface area contributed by atoms with Crippen molar-refractivity contribution in [3.8, 4) is 0 Å². The monoisotopic (exact) mass is 238 g/mol. The summed E-state index contributed by atoms with van der Waals surface area (Å²) in [5.41, 5.74) is 5.16. The van der Waals surface area contributed by atoms with Crippen molar-refractivity contribution in [2.24, 2.45) is 17.6 Å². The number of nitrogens with one attached hydrogen (secondary N) is 1. The molecule has 0 radical (unpaired) electrons. The van der Waals surface area contributed by atoms with Gasteiger partial charge in [0.1, 0.15) is 0 Å². The van der Waals surface area contributed by atoms with Crippen LogP contribution >= 0.6 is 0 Å². The van der Waals surface area contributed by atoms with E-state index >= 15 is 0 Å². The molecule has 1 aliphatic rings. The zero-order valence-electron chi connectivity index (χ0n) is 9.90. The van der Waals surface area contributed by atoms with Crippen LogP contribution in [0.2, 0.25) is 0 Å². The van der Waals surface area contributed by atoms with Gasteiger partial charge in [-0.05, 0) is 24.7 Å². The Hall–Kier alpha value is -0.290. The van der Waals surface area contributed by atoms with Gasteiger partial charge < -0.3 is 11.1 Å². The van der Waals surface area contributed by atoms with E-state index in [-0.39, 0.29) is 12.5 Å². The molecule has 96 valence electrons.